The lowest BCUT2D eigenvalue weighted by Gasteiger charge is -2.04. The monoisotopic (exact) mass is 313 g/mol. The van der Waals surface area contributed by atoms with Crippen LogP contribution in [-0.2, 0) is 11.3 Å². The van der Waals surface area contributed by atoms with Gasteiger partial charge in [0.15, 0.2) is 11.5 Å². The van der Waals surface area contributed by atoms with Crippen LogP contribution in [0.4, 0.5) is 0 Å². The summed E-state index contributed by atoms with van der Waals surface area (Å²) < 4.78 is 11.8. The number of aromatic nitrogens is 2. The minimum absolute atomic E-state index is 0.197. The summed E-state index contributed by atoms with van der Waals surface area (Å²) in [6, 6.07) is 8.44. The number of amides is 1. The summed E-state index contributed by atoms with van der Waals surface area (Å²) in [6.45, 7) is 0.861. The first-order valence-electron chi connectivity index (χ1n) is 7.10. The number of rotatable bonds is 5. The lowest BCUT2D eigenvalue weighted by Crippen LogP contribution is -2.30. The molecule has 1 aliphatic rings. The van der Waals surface area contributed by atoms with Crippen molar-refractivity contribution in [2.75, 3.05) is 13.3 Å². The van der Waals surface area contributed by atoms with Gasteiger partial charge in [0.25, 0.3) is 5.56 Å². The number of carbonyl (C=O) groups is 1. The molecule has 118 valence electrons. The van der Waals surface area contributed by atoms with E-state index in [0.29, 0.717) is 24.6 Å². The van der Waals surface area contributed by atoms with Gasteiger partial charge in [0.05, 0.1) is 6.54 Å². The highest BCUT2D eigenvalue weighted by atomic mass is 16.7. The van der Waals surface area contributed by atoms with Gasteiger partial charge in [-0.3, -0.25) is 9.59 Å². The summed E-state index contributed by atoms with van der Waals surface area (Å²) in [5.74, 6) is 1.13. The normalized spacial score (nSPS) is 12.5. The number of carbonyl (C=O) groups excluding carboxylic acids is 1. The van der Waals surface area contributed by atoms with Crippen molar-refractivity contribution < 1.29 is 14.3 Å². The van der Waals surface area contributed by atoms with Gasteiger partial charge in [-0.15, -0.1) is 0 Å². The van der Waals surface area contributed by atoms with Crippen molar-refractivity contribution in [2.45, 2.75) is 6.54 Å². The fourth-order valence-corrected chi connectivity index (χ4v) is 2.09. The third-order valence-electron chi connectivity index (χ3n) is 3.23. The molecule has 0 atom stereocenters. The molecule has 2 aromatic rings. The molecule has 7 nitrogen and oxygen atoms in total. The zero-order valence-corrected chi connectivity index (χ0v) is 12.3. The first kappa shape index (κ1) is 14.8. The number of nitrogens with zero attached hydrogens (tertiary/aromatic N) is 2. The second-order valence-electron chi connectivity index (χ2n) is 4.82. The van der Waals surface area contributed by atoms with E-state index >= 15 is 0 Å². The molecule has 0 saturated heterocycles. The van der Waals surface area contributed by atoms with Gasteiger partial charge in [-0.2, -0.15) is 5.10 Å². The molecule has 2 heterocycles. The first-order valence-corrected chi connectivity index (χ1v) is 7.10. The van der Waals surface area contributed by atoms with E-state index in [-0.39, 0.29) is 18.3 Å². The molecule has 23 heavy (non-hydrogen) atoms. The fraction of sp³-hybridized carbons (Fsp3) is 0.188. The van der Waals surface area contributed by atoms with E-state index in [1.54, 1.807) is 24.3 Å². The Kier molecular flexibility index (Phi) is 4.37. The summed E-state index contributed by atoms with van der Waals surface area (Å²) in [5, 5.41) is 6.61. The second kappa shape index (κ2) is 6.78. The topological polar surface area (TPSA) is 82.4 Å². The van der Waals surface area contributed by atoms with E-state index in [9.17, 15) is 9.59 Å². The van der Waals surface area contributed by atoms with Crippen molar-refractivity contribution in [2.24, 2.45) is 0 Å². The van der Waals surface area contributed by atoms with Gasteiger partial charge in [0, 0.05) is 24.9 Å². The van der Waals surface area contributed by atoms with E-state index in [4.69, 9.17) is 9.47 Å². The third-order valence-corrected chi connectivity index (χ3v) is 3.23. The van der Waals surface area contributed by atoms with Crippen LogP contribution in [0.2, 0.25) is 0 Å². The van der Waals surface area contributed by atoms with Crippen LogP contribution in [-0.4, -0.2) is 29.0 Å². The zero-order chi connectivity index (χ0) is 16.1. The molecule has 1 amide bonds. The molecule has 3 rings (SSSR count). The smallest absolute Gasteiger partial charge is 0.266 e. The molecule has 1 aliphatic heterocycles. The Morgan fingerprint density at radius 3 is 3.04 bits per heavy atom. The van der Waals surface area contributed by atoms with Gasteiger partial charge in [-0.25, -0.2) is 4.68 Å². The molecule has 1 N–H and O–H groups in total. The summed E-state index contributed by atoms with van der Waals surface area (Å²) >= 11 is 0. The van der Waals surface area contributed by atoms with E-state index in [2.05, 4.69) is 10.4 Å². The van der Waals surface area contributed by atoms with Crippen LogP contribution in [0.1, 0.15) is 5.56 Å². The first-order chi connectivity index (χ1) is 11.2. The van der Waals surface area contributed by atoms with Crippen molar-refractivity contribution in [1.82, 2.24) is 15.1 Å². The second-order valence-corrected chi connectivity index (χ2v) is 4.82. The molecule has 0 fully saturated rings. The summed E-state index contributed by atoms with van der Waals surface area (Å²) in [5.41, 5.74) is 0.642. The highest BCUT2D eigenvalue weighted by molar-refractivity contribution is 5.91. The Morgan fingerprint density at radius 1 is 1.30 bits per heavy atom. The molecule has 7 heteroatoms. The zero-order valence-electron chi connectivity index (χ0n) is 12.3. The molecule has 0 radical (unpaired) electrons. The Hall–Kier alpha value is -3.09. The largest absolute Gasteiger partial charge is 0.454 e. The van der Waals surface area contributed by atoms with Crippen molar-refractivity contribution >= 4 is 12.0 Å². The van der Waals surface area contributed by atoms with Gasteiger partial charge >= 0.3 is 0 Å². The van der Waals surface area contributed by atoms with E-state index < -0.39 is 0 Å². The number of ether oxygens (including phenoxy) is 2. The van der Waals surface area contributed by atoms with Crippen LogP contribution >= 0.6 is 0 Å². The Morgan fingerprint density at radius 2 is 2.17 bits per heavy atom. The Bertz CT molecular complexity index is 798. The average Bonchev–Trinajstić information content (AvgIpc) is 3.02. The molecular formula is C16H15N3O4. The van der Waals surface area contributed by atoms with Crippen molar-refractivity contribution in [3.63, 3.8) is 0 Å². The summed E-state index contributed by atoms with van der Waals surface area (Å²) in [6.07, 6.45) is 4.64. The van der Waals surface area contributed by atoms with Crippen LogP contribution in [0.5, 0.6) is 11.5 Å². The Balaban J connectivity index is 1.51. The number of fused-ring (bicyclic) bond motifs is 1. The highest BCUT2D eigenvalue weighted by Crippen LogP contribution is 2.32. The Labute approximate surface area is 132 Å². The van der Waals surface area contributed by atoms with E-state index in [1.165, 1.54) is 23.0 Å². The van der Waals surface area contributed by atoms with Gasteiger partial charge in [0.2, 0.25) is 12.7 Å². The minimum Gasteiger partial charge on any atom is -0.454 e. The maximum atomic E-state index is 11.8. The average molecular weight is 313 g/mol. The third kappa shape index (κ3) is 3.76. The molecule has 0 spiro atoms. The van der Waals surface area contributed by atoms with E-state index in [0.717, 1.165) is 5.56 Å². The molecule has 0 aliphatic carbocycles. The van der Waals surface area contributed by atoms with Gasteiger partial charge in [-0.05, 0) is 29.8 Å². The van der Waals surface area contributed by atoms with Crippen LogP contribution in [0.25, 0.3) is 6.08 Å². The number of hydrogen-bond donors (Lipinski definition) is 1. The predicted molar refractivity (Wildman–Crippen MR) is 83.1 cm³/mol. The van der Waals surface area contributed by atoms with Crippen LogP contribution in [0, 0.1) is 0 Å². The maximum Gasteiger partial charge on any atom is 0.266 e. The number of nitrogens with one attached hydrogen (secondary N) is 1. The van der Waals surface area contributed by atoms with E-state index in [1.807, 2.05) is 6.07 Å². The molecule has 1 aromatic carbocycles. The van der Waals surface area contributed by atoms with Crippen molar-refractivity contribution in [1.29, 1.82) is 0 Å². The molecular weight excluding hydrogens is 298 g/mol. The van der Waals surface area contributed by atoms with Gasteiger partial charge in [-0.1, -0.05) is 6.07 Å². The summed E-state index contributed by atoms with van der Waals surface area (Å²) in [7, 11) is 0. The van der Waals surface area contributed by atoms with Crippen LogP contribution in [0.15, 0.2) is 47.4 Å². The SMILES string of the molecule is O=C(/C=C/c1ccc2c(c1)OCO2)NCCn1ncccc1=O. The lowest BCUT2D eigenvalue weighted by atomic mass is 10.2. The maximum absolute atomic E-state index is 11.8. The molecule has 0 unspecified atom stereocenters. The van der Waals surface area contributed by atoms with Crippen LogP contribution in [0.3, 0.4) is 0 Å². The molecule has 0 saturated carbocycles. The summed E-state index contributed by atoms with van der Waals surface area (Å²) in [4.78, 5) is 23.2. The van der Waals surface area contributed by atoms with Crippen molar-refractivity contribution in [3.05, 3.63) is 58.5 Å². The highest BCUT2D eigenvalue weighted by Gasteiger charge is 2.12. The standard InChI is InChI=1S/C16H15N3O4/c20-15(17-8-9-19-16(21)2-1-7-18-19)6-4-12-3-5-13-14(10-12)23-11-22-13/h1-7,10H,8-9,11H2,(H,17,20)/b6-4+. The number of benzene rings is 1. The molecule has 0 bridgehead atoms. The van der Waals surface area contributed by atoms with Gasteiger partial charge in [0.1, 0.15) is 0 Å². The van der Waals surface area contributed by atoms with Crippen LogP contribution < -0.4 is 20.3 Å². The lowest BCUT2D eigenvalue weighted by molar-refractivity contribution is -0.116. The minimum atomic E-state index is -0.244. The fourth-order valence-electron chi connectivity index (χ4n) is 2.09. The van der Waals surface area contributed by atoms with Crippen molar-refractivity contribution in [3.8, 4) is 11.5 Å². The predicted octanol–water partition coefficient (Wildman–Crippen LogP) is 0.802. The quantitative estimate of drug-likeness (QED) is 0.826. The number of hydrogen-bond acceptors (Lipinski definition) is 5. The van der Waals surface area contributed by atoms with Gasteiger partial charge < -0.3 is 14.8 Å². The molecule has 1 aromatic heterocycles.